The molecule has 0 atom stereocenters. The Balaban J connectivity index is 1.89. The van der Waals surface area contributed by atoms with Gasteiger partial charge < -0.3 is 5.32 Å². The number of benzene rings is 2. The van der Waals surface area contributed by atoms with E-state index in [0.29, 0.717) is 17.0 Å². The van der Waals surface area contributed by atoms with Gasteiger partial charge in [0.2, 0.25) is 5.91 Å². The molecule has 0 heterocycles. The second kappa shape index (κ2) is 8.93. The molecule has 5 nitrogen and oxygen atoms in total. The average Bonchev–Trinajstić information content (AvgIpc) is 2.55. The molecule has 0 fully saturated rings. The Bertz CT molecular complexity index is 776. The summed E-state index contributed by atoms with van der Waals surface area (Å²) in [7, 11) is 0. The standard InChI is InChI=1S/C17H15BrIN3O2/c1-11(10-16(23)20-13-8-6-12(18)7-9-13)21-22-17(24)14-4-2-3-5-15(14)19/h2-9H,10H2,1H3,(H,20,23)(H,22,24)/b21-11-. The molecule has 0 aliphatic heterocycles. The monoisotopic (exact) mass is 499 g/mol. The first-order chi connectivity index (χ1) is 11.5. The number of rotatable bonds is 5. The van der Waals surface area contributed by atoms with Crippen LogP contribution in [-0.2, 0) is 4.79 Å². The molecule has 2 N–H and O–H groups in total. The molecule has 7 heteroatoms. The highest BCUT2D eigenvalue weighted by Gasteiger charge is 2.09. The van der Waals surface area contributed by atoms with Crippen LogP contribution in [0.3, 0.4) is 0 Å². The number of anilines is 1. The number of nitrogens with zero attached hydrogens (tertiary/aromatic N) is 1. The molecule has 0 aliphatic carbocycles. The van der Waals surface area contributed by atoms with Gasteiger partial charge in [-0.15, -0.1) is 0 Å². The van der Waals surface area contributed by atoms with Crippen LogP contribution >= 0.6 is 38.5 Å². The molecule has 0 saturated carbocycles. The van der Waals surface area contributed by atoms with Crippen LogP contribution < -0.4 is 10.7 Å². The summed E-state index contributed by atoms with van der Waals surface area (Å²) in [6, 6.07) is 14.5. The molecule has 0 aliphatic rings. The van der Waals surface area contributed by atoms with E-state index in [1.165, 1.54) is 0 Å². The van der Waals surface area contributed by atoms with Gasteiger partial charge in [0.15, 0.2) is 0 Å². The minimum atomic E-state index is -0.298. The van der Waals surface area contributed by atoms with E-state index >= 15 is 0 Å². The average molecular weight is 500 g/mol. The van der Waals surface area contributed by atoms with E-state index < -0.39 is 0 Å². The van der Waals surface area contributed by atoms with Crippen LogP contribution in [0.2, 0.25) is 0 Å². The quantitative estimate of drug-likeness (QED) is 0.368. The number of hydrogen-bond donors (Lipinski definition) is 2. The Hall–Kier alpha value is -1.74. The molecule has 0 aromatic heterocycles. The lowest BCUT2D eigenvalue weighted by Crippen LogP contribution is -2.22. The van der Waals surface area contributed by atoms with Crippen LogP contribution in [0, 0.1) is 3.57 Å². The number of nitrogens with one attached hydrogen (secondary N) is 2. The number of amides is 2. The predicted molar refractivity (Wildman–Crippen MR) is 107 cm³/mol. The Morgan fingerprint density at radius 3 is 2.46 bits per heavy atom. The normalized spacial score (nSPS) is 11.0. The molecular weight excluding hydrogens is 485 g/mol. The van der Waals surface area contributed by atoms with Crippen molar-refractivity contribution in [3.8, 4) is 0 Å². The topological polar surface area (TPSA) is 70.6 Å². The maximum atomic E-state index is 12.1. The fourth-order valence-corrected chi connectivity index (χ4v) is 2.76. The van der Waals surface area contributed by atoms with Gasteiger partial charge in [0.05, 0.1) is 12.0 Å². The second-order valence-electron chi connectivity index (χ2n) is 5.00. The molecule has 124 valence electrons. The van der Waals surface area contributed by atoms with E-state index in [9.17, 15) is 9.59 Å². The van der Waals surface area contributed by atoms with Crippen molar-refractivity contribution in [1.82, 2.24) is 5.43 Å². The fourth-order valence-electron chi connectivity index (χ4n) is 1.86. The SMILES string of the molecule is C/C(CC(=O)Nc1ccc(Br)cc1)=N/NC(=O)c1ccccc1I. The van der Waals surface area contributed by atoms with Crippen molar-refractivity contribution < 1.29 is 9.59 Å². The summed E-state index contributed by atoms with van der Waals surface area (Å²) in [5, 5.41) is 6.76. The van der Waals surface area contributed by atoms with E-state index in [-0.39, 0.29) is 18.2 Å². The molecule has 0 radical (unpaired) electrons. The van der Waals surface area contributed by atoms with Crippen molar-refractivity contribution in [2.24, 2.45) is 5.10 Å². The summed E-state index contributed by atoms with van der Waals surface area (Å²) in [5.41, 5.74) is 4.25. The van der Waals surface area contributed by atoms with Crippen molar-refractivity contribution in [3.63, 3.8) is 0 Å². The summed E-state index contributed by atoms with van der Waals surface area (Å²) in [5.74, 6) is -0.491. The Labute approximate surface area is 162 Å². The summed E-state index contributed by atoms with van der Waals surface area (Å²) in [4.78, 5) is 24.0. The summed E-state index contributed by atoms with van der Waals surface area (Å²) >= 11 is 5.43. The Kier molecular flexibility index (Phi) is 6.92. The highest BCUT2D eigenvalue weighted by molar-refractivity contribution is 14.1. The zero-order chi connectivity index (χ0) is 17.5. The van der Waals surface area contributed by atoms with Gasteiger partial charge in [0.1, 0.15) is 0 Å². The molecular formula is C17H15BrIN3O2. The van der Waals surface area contributed by atoms with Gasteiger partial charge in [-0.25, -0.2) is 5.43 Å². The highest BCUT2D eigenvalue weighted by atomic mass is 127. The van der Waals surface area contributed by atoms with Gasteiger partial charge >= 0.3 is 0 Å². The third-order valence-corrected chi connectivity index (χ3v) is 4.48. The lowest BCUT2D eigenvalue weighted by Gasteiger charge is -2.06. The first kappa shape index (κ1) is 18.6. The van der Waals surface area contributed by atoms with Crippen LogP contribution in [0.25, 0.3) is 0 Å². The summed E-state index contributed by atoms with van der Waals surface area (Å²) in [6.45, 7) is 1.69. The smallest absolute Gasteiger partial charge is 0.272 e. The molecule has 2 rings (SSSR count). The minimum absolute atomic E-state index is 0.0994. The van der Waals surface area contributed by atoms with Crippen LogP contribution in [0.5, 0.6) is 0 Å². The van der Waals surface area contributed by atoms with Crippen molar-refractivity contribution in [1.29, 1.82) is 0 Å². The third kappa shape index (κ3) is 5.72. The van der Waals surface area contributed by atoms with E-state index in [1.807, 2.05) is 24.3 Å². The number of halogens is 2. The summed E-state index contributed by atoms with van der Waals surface area (Å²) in [6.07, 6.45) is 0.0994. The van der Waals surface area contributed by atoms with Gasteiger partial charge in [0.25, 0.3) is 5.91 Å². The summed E-state index contributed by atoms with van der Waals surface area (Å²) < 4.78 is 1.78. The third-order valence-electron chi connectivity index (χ3n) is 3.01. The van der Waals surface area contributed by atoms with E-state index in [0.717, 1.165) is 8.04 Å². The van der Waals surface area contributed by atoms with Crippen LogP contribution in [0.1, 0.15) is 23.7 Å². The molecule has 0 saturated heterocycles. The molecule has 2 aromatic carbocycles. The van der Waals surface area contributed by atoms with Crippen LogP contribution in [0.15, 0.2) is 58.1 Å². The second-order valence-corrected chi connectivity index (χ2v) is 7.08. The fraction of sp³-hybridized carbons (Fsp3) is 0.118. The van der Waals surface area contributed by atoms with Crippen molar-refractivity contribution in [3.05, 3.63) is 62.1 Å². The Morgan fingerprint density at radius 2 is 1.79 bits per heavy atom. The van der Waals surface area contributed by atoms with E-state index in [4.69, 9.17) is 0 Å². The van der Waals surface area contributed by atoms with Gasteiger partial charge in [-0.1, -0.05) is 28.1 Å². The molecule has 0 spiro atoms. The zero-order valence-corrected chi connectivity index (χ0v) is 16.6. The molecule has 24 heavy (non-hydrogen) atoms. The van der Waals surface area contributed by atoms with Gasteiger partial charge in [-0.05, 0) is 65.9 Å². The number of hydrogen-bond acceptors (Lipinski definition) is 3. The lowest BCUT2D eigenvalue weighted by molar-refractivity contribution is -0.115. The van der Waals surface area contributed by atoms with Gasteiger partial charge in [-0.3, -0.25) is 9.59 Å². The molecule has 0 bridgehead atoms. The number of carbonyl (C=O) groups is 2. The Morgan fingerprint density at radius 1 is 1.12 bits per heavy atom. The number of hydrazone groups is 1. The first-order valence-electron chi connectivity index (χ1n) is 7.09. The van der Waals surface area contributed by atoms with Gasteiger partial charge in [-0.2, -0.15) is 5.10 Å². The van der Waals surface area contributed by atoms with Crippen molar-refractivity contribution >= 4 is 61.7 Å². The van der Waals surface area contributed by atoms with E-state index in [2.05, 4.69) is 54.4 Å². The van der Waals surface area contributed by atoms with E-state index in [1.54, 1.807) is 31.2 Å². The first-order valence-corrected chi connectivity index (χ1v) is 8.96. The molecule has 2 aromatic rings. The zero-order valence-electron chi connectivity index (χ0n) is 12.8. The molecule has 2 amide bonds. The van der Waals surface area contributed by atoms with Crippen LogP contribution in [-0.4, -0.2) is 17.5 Å². The predicted octanol–water partition coefficient (Wildman–Crippen LogP) is 4.19. The molecule has 0 unspecified atom stereocenters. The van der Waals surface area contributed by atoms with Crippen LogP contribution in [0.4, 0.5) is 5.69 Å². The minimum Gasteiger partial charge on any atom is -0.326 e. The maximum absolute atomic E-state index is 12.1. The van der Waals surface area contributed by atoms with Gasteiger partial charge in [0, 0.05) is 19.4 Å². The maximum Gasteiger partial charge on any atom is 0.272 e. The lowest BCUT2D eigenvalue weighted by atomic mass is 10.2. The largest absolute Gasteiger partial charge is 0.326 e. The van der Waals surface area contributed by atoms with Crippen molar-refractivity contribution in [2.75, 3.05) is 5.32 Å². The van der Waals surface area contributed by atoms with Crippen molar-refractivity contribution in [2.45, 2.75) is 13.3 Å². The number of carbonyl (C=O) groups excluding carboxylic acids is 2. The highest BCUT2D eigenvalue weighted by Crippen LogP contribution is 2.14.